The van der Waals surface area contributed by atoms with E-state index in [1.807, 2.05) is 62.3 Å². The van der Waals surface area contributed by atoms with Crippen molar-refractivity contribution in [2.45, 2.75) is 45.7 Å². The minimum absolute atomic E-state index is 0.116. The molecule has 3 aromatic rings. The van der Waals surface area contributed by atoms with Crippen molar-refractivity contribution >= 4 is 5.91 Å². The molecule has 1 saturated heterocycles. The molecule has 6 heteroatoms. The molecule has 1 fully saturated rings. The molecule has 6 nitrogen and oxygen atoms in total. The first kappa shape index (κ1) is 21.4. The van der Waals surface area contributed by atoms with Crippen molar-refractivity contribution in [2.24, 2.45) is 0 Å². The van der Waals surface area contributed by atoms with E-state index >= 15 is 0 Å². The van der Waals surface area contributed by atoms with Crippen molar-refractivity contribution in [2.75, 3.05) is 26.7 Å². The van der Waals surface area contributed by atoms with Gasteiger partial charge < -0.3 is 18.8 Å². The number of piperidine rings is 1. The standard InChI is InChI=1S/C25H32N4O2/c1-19-17-24(20(2)29(19)18-23-8-6-16-31-23)25(30)27(3)22-10-14-28(15-11-22)13-9-21-7-4-5-12-26-21/h4-8,12,16-17,22H,9-11,13-15,18H2,1-3H3. The molecule has 0 radical (unpaired) electrons. The number of hydrogen-bond donors (Lipinski definition) is 0. The minimum atomic E-state index is 0.116. The third-order valence-corrected chi connectivity index (χ3v) is 6.53. The van der Waals surface area contributed by atoms with E-state index in [9.17, 15) is 4.79 Å². The molecule has 0 atom stereocenters. The first-order chi connectivity index (χ1) is 15.0. The molecular formula is C25H32N4O2. The van der Waals surface area contributed by atoms with Gasteiger partial charge in [0.2, 0.25) is 0 Å². The average Bonchev–Trinajstić information content (AvgIpc) is 3.41. The third kappa shape index (κ3) is 4.90. The van der Waals surface area contributed by atoms with Gasteiger partial charge in [0.1, 0.15) is 5.76 Å². The second-order valence-corrected chi connectivity index (χ2v) is 8.51. The van der Waals surface area contributed by atoms with Crippen molar-refractivity contribution in [3.05, 3.63) is 77.3 Å². The lowest BCUT2D eigenvalue weighted by atomic mass is 10.0. The van der Waals surface area contributed by atoms with Gasteiger partial charge in [-0.15, -0.1) is 0 Å². The summed E-state index contributed by atoms with van der Waals surface area (Å²) in [5.41, 5.74) is 4.01. The molecule has 164 valence electrons. The number of carbonyl (C=O) groups is 1. The number of rotatable bonds is 7. The van der Waals surface area contributed by atoms with E-state index in [2.05, 4.69) is 20.5 Å². The summed E-state index contributed by atoms with van der Waals surface area (Å²) in [4.78, 5) is 22.1. The zero-order valence-corrected chi connectivity index (χ0v) is 18.8. The Kier molecular flexibility index (Phi) is 6.56. The third-order valence-electron chi connectivity index (χ3n) is 6.53. The monoisotopic (exact) mass is 420 g/mol. The molecule has 0 aliphatic carbocycles. The molecule has 31 heavy (non-hydrogen) atoms. The normalized spacial score (nSPS) is 15.3. The number of amides is 1. The van der Waals surface area contributed by atoms with Crippen molar-refractivity contribution in [3.63, 3.8) is 0 Å². The van der Waals surface area contributed by atoms with Crippen LogP contribution in [-0.2, 0) is 13.0 Å². The Labute approximate surface area is 184 Å². The maximum Gasteiger partial charge on any atom is 0.255 e. The van der Waals surface area contributed by atoms with Gasteiger partial charge in [0.05, 0.1) is 18.4 Å². The molecule has 0 spiro atoms. The summed E-state index contributed by atoms with van der Waals surface area (Å²) >= 11 is 0. The molecule has 1 amide bonds. The van der Waals surface area contributed by atoms with Crippen LogP contribution in [0.5, 0.6) is 0 Å². The van der Waals surface area contributed by atoms with E-state index in [0.717, 1.165) is 67.3 Å². The van der Waals surface area contributed by atoms with E-state index in [0.29, 0.717) is 6.54 Å². The number of aromatic nitrogens is 2. The Morgan fingerprint density at radius 1 is 1.19 bits per heavy atom. The van der Waals surface area contributed by atoms with Gasteiger partial charge in [-0.3, -0.25) is 9.78 Å². The van der Waals surface area contributed by atoms with Crippen molar-refractivity contribution in [1.82, 2.24) is 19.4 Å². The number of carbonyl (C=O) groups excluding carboxylic acids is 1. The summed E-state index contributed by atoms with van der Waals surface area (Å²) in [6.07, 6.45) is 6.53. The van der Waals surface area contributed by atoms with Gasteiger partial charge in [0.15, 0.2) is 0 Å². The van der Waals surface area contributed by atoms with Gasteiger partial charge >= 0.3 is 0 Å². The lowest BCUT2D eigenvalue weighted by molar-refractivity contribution is 0.0642. The van der Waals surface area contributed by atoms with Crippen LogP contribution in [0.1, 0.15) is 46.0 Å². The maximum atomic E-state index is 13.3. The fraction of sp³-hybridized carbons (Fsp3) is 0.440. The molecule has 1 aliphatic heterocycles. The van der Waals surface area contributed by atoms with Crippen LogP contribution in [0.15, 0.2) is 53.3 Å². The number of aryl methyl sites for hydroxylation is 1. The largest absolute Gasteiger partial charge is 0.467 e. The van der Waals surface area contributed by atoms with E-state index in [1.54, 1.807) is 6.26 Å². The van der Waals surface area contributed by atoms with Gasteiger partial charge in [-0.25, -0.2) is 0 Å². The van der Waals surface area contributed by atoms with Gasteiger partial charge in [-0.1, -0.05) is 6.07 Å². The molecule has 0 bridgehead atoms. The van der Waals surface area contributed by atoms with Crippen molar-refractivity contribution < 1.29 is 9.21 Å². The number of hydrogen-bond acceptors (Lipinski definition) is 4. The summed E-state index contributed by atoms with van der Waals surface area (Å²) in [6, 6.07) is 12.2. The molecule has 1 aliphatic rings. The molecule has 3 aromatic heterocycles. The van der Waals surface area contributed by atoms with Crippen LogP contribution in [0.4, 0.5) is 0 Å². The van der Waals surface area contributed by atoms with E-state index in [1.165, 1.54) is 0 Å². The molecule has 0 unspecified atom stereocenters. The second-order valence-electron chi connectivity index (χ2n) is 8.51. The van der Waals surface area contributed by atoms with Gasteiger partial charge in [0.25, 0.3) is 5.91 Å². The van der Waals surface area contributed by atoms with Gasteiger partial charge in [-0.05, 0) is 57.0 Å². The smallest absolute Gasteiger partial charge is 0.255 e. The maximum absolute atomic E-state index is 13.3. The summed E-state index contributed by atoms with van der Waals surface area (Å²) in [7, 11) is 1.95. The Balaban J connectivity index is 1.33. The Bertz CT molecular complexity index is 986. The first-order valence-electron chi connectivity index (χ1n) is 11.1. The Morgan fingerprint density at radius 2 is 2.00 bits per heavy atom. The highest BCUT2D eigenvalue weighted by atomic mass is 16.3. The van der Waals surface area contributed by atoms with Crippen LogP contribution in [0.2, 0.25) is 0 Å². The topological polar surface area (TPSA) is 54.5 Å². The van der Waals surface area contributed by atoms with Crippen LogP contribution in [0.3, 0.4) is 0 Å². The van der Waals surface area contributed by atoms with Gasteiger partial charge in [0, 0.05) is 62.4 Å². The Morgan fingerprint density at radius 3 is 2.68 bits per heavy atom. The summed E-state index contributed by atoms with van der Waals surface area (Å²) in [6.45, 7) is 7.79. The summed E-state index contributed by atoms with van der Waals surface area (Å²) < 4.78 is 7.65. The fourth-order valence-electron chi connectivity index (χ4n) is 4.52. The van der Waals surface area contributed by atoms with Crippen LogP contribution in [0, 0.1) is 13.8 Å². The summed E-state index contributed by atoms with van der Waals surface area (Å²) in [5.74, 6) is 1.01. The molecule has 0 aromatic carbocycles. The molecule has 4 rings (SSSR count). The van der Waals surface area contributed by atoms with Gasteiger partial charge in [-0.2, -0.15) is 0 Å². The summed E-state index contributed by atoms with van der Waals surface area (Å²) in [5, 5.41) is 0. The number of furan rings is 1. The molecule has 0 N–H and O–H groups in total. The highest BCUT2D eigenvalue weighted by molar-refractivity contribution is 5.95. The number of nitrogens with zero attached hydrogens (tertiary/aromatic N) is 4. The van der Waals surface area contributed by atoms with Crippen LogP contribution < -0.4 is 0 Å². The lowest BCUT2D eigenvalue weighted by Gasteiger charge is -2.36. The minimum Gasteiger partial charge on any atom is -0.467 e. The van der Waals surface area contributed by atoms with Crippen LogP contribution in [0.25, 0.3) is 0 Å². The van der Waals surface area contributed by atoms with E-state index in [-0.39, 0.29) is 11.9 Å². The van der Waals surface area contributed by atoms with Crippen LogP contribution in [-0.4, -0.2) is 58.0 Å². The van der Waals surface area contributed by atoms with Crippen molar-refractivity contribution in [1.29, 1.82) is 0 Å². The van der Waals surface area contributed by atoms with E-state index < -0.39 is 0 Å². The molecular weight excluding hydrogens is 388 g/mol. The quantitative estimate of drug-likeness (QED) is 0.581. The molecule has 0 saturated carbocycles. The lowest BCUT2D eigenvalue weighted by Crippen LogP contribution is -2.46. The SMILES string of the molecule is Cc1cc(C(=O)N(C)C2CCN(CCc3ccccn3)CC2)c(C)n1Cc1ccco1. The highest BCUT2D eigenvalue weighted by Crippen LogP contribution is 2.22. The fourth-order valence-corrected chi connectivity index (χ4v) is 4.52. The van der Waals surface area contributed by atoms with Crippen LogP contribution >= 0.6 is 0 Å². The number of pyridine rings is 1. The zero-order chi connectivity index (χ0) is 21.8. The Hall–Kier alpha value is -2.86. The highest BCUT2D eigenvalue weighted by Gasteiger charge is 2.28. The predicted molar refractivity (Wildman–Crippen MR) is 121 cm³/mol. The molecule has 4 heterocycles. The van der Waals surface area contributed by atoms with Crippen molar-refractivity contribution in [3.8, 4) is 0 Å². The zero-order valence-electron chi connectivity index (χ0n) is 18.8. The average molecular weight is 421 g/mol. The predicted octanol–water partition coefficient (Wildman–Crippen LogP) is 3.92. The number of likely N-dealkylation sites (tertiary alicyclic amines) is 1. The first-order valence-corrected chi connectivity index (χ1v) is 11.1. The second kappa shape index (κ2) is 9.52. The van der Waals surface area contributed by atoms with E-state index in [4.69, 9.17) is 4.42 Å².